The van der Waals surface area contributed by atoms with Crippen LogP contribution in [0.15, 0.2) is 42.6 Å². The standard InChI is InChI=1S/C14H10ClN3O2/c1-20-14(19)12-7-11(9-5-3-2-4-6-9)17-13-10(15)8-16-18(12)13/h2-8H,1H3. The normalized spacial score (nSPS) is 10.7. The number of rotatable bonds is 2. The smallest absolute Gasteiger partial charge is 0.356 e. The van der Waals surface area contributed by atoms with Crippen molar-refractivity contribution < 1.29 is 9.53 Å². The highest BCUT2D eigenvalue weighted by Gasteiger charge is 2.17. The van der Waals surface area contributed by atoms with Crippen molar-refractivity contribution in [2.45, 2.75) is 0 Å². The van der Waals surface area contributed by atoms with Crippen molar-refractivity contribution in [2.75, 3.05) is 7.11 Å². The molecule has 0 unspecified atom stereocenters. The van der Waals surface area contributed by atoms with Crippen LogP contribution < -0.4 is 0 Å². The van der Waals surface area contributed by atoms with Gasteiger partial charge in [0.2, 0.25) is 0 Å². The van der Waals surface area contributed by atoms with Gasteiger partial charge in [0.25, 0.3) is 0 Å². The first kappa shape index (κ1) is 12.6. The van der Waals surface area contributed by atoms with E-state index in [0.29, 0.717) is 16.4 Å². The summed E-state index contributed by atoms with van der Waals surface area (Å²) < 4.78 is 6.15. The fourth-order valence-electron chi connectivity index (χ4n) is 1.94. The van der Waals surface area contributed by atoms with Gasteiger partial charge < -0.3 is 4.74 Å². The number of hydrogen-bond acceptors (Lipinski definition) is 4. The molecule has 100 valence electrons. The highest BCUT2D eigenvalue weighted by Crippen LogP contribution is 2.23. The van der Waals surface area contributed by atoms with Crippen LogP contribution in [0.5, 0.6) is 0 Å². The summed E-state index contributed by atoms with van der Waals surface area (Å²) in [6, 6.07) is 11.2. The van der Waals surface area contributed by atoms with E-state index in [1.54, 1.807) is 6.07 Å². The maximum atomic E-state index is 11.9. The van der Waals surface area contributed by atoms with Gasteiger partial charge in [-0.25, -0.2) is 14.3 Å². The van der Waals surface area contributed by atoms with Crippen molar-refractivity contribution in [1.29, 1.82) is 0 Å². The van der Waals surface area contributed by atoms with Crippen LogP contribution in [0, 0.1) is 0 Å². The van der Waals surface area contributed by atoms with Crippen LogP contribution in [0.4, 0.5) is 0 Å². The molecule has 0 bridgehead atoms. The van der Waals surface area contributed by atoms with Crippen molar-refractivity contribution in [2.24, 2.45) is 0 Å². The van der Waals surface area contributed by atoms with E-state index in [0.717, 1.165) is 5.56 Å². The third-order valence-corrected chi connectivity index (χ3v) is 3.16. The van der Waals surface area contributed by atoms with Crippen LogP contribution in [0.3, 0.4) is 0 Å². The Bertz CT molecular complexity index is 784. The van der Waals surface area contributed by atoms with Gasteiger partial charge in [0.1, 0.15) is 5.02 Å². The number of fused-ring (bicyclic) bond motifs is 1. The molecule has 0 spiro atoms. The van der Waals surface area contributed by atoms with Crippen molar-refractivity contribution in [3.05, 3.63) is 53.3 Å². The summed E-state index contributed by atoms with van der Waals surface area (Å²) in [7, 11) is 1.32. The molecule has 0 saturated heterocycles. The van der Waals surface area contributed by atoms with Gasteiger partial charge in [-0.05, 0) is 6.07 Å². The Kier molecular flexibility index (Phi) is 3.12. The molecule has 0 aliphatic carbocycles. The fraction of sp³-hybridized carbons (Fsp3) is 0.0714. The molecule has 20 heavy (non-hydrogen) atoms. The molecule has 2 heterocycles. The Balaban J connectivity index is 2.29. The molecule has 3 aromatic rings. The number of aromatic nitrogens is 3. The number of esters is 1. The van der Waals surface area contributed by atoms with Crippen molar-refractivity contribution >= 4 is 23.2 Å². The van der Waals surface area contributed by atoms with Crippen molar-refractivity contribution in [3.8, 4) is 11.3 Å². The van der Waals surface area contributed by atoms with Crippen LogP contribution in [-0.2, 0) is 4.74 Å². The molecule has 0 aliphatic heterocycles. The lowest BCUT2D eigenvalue weighted by molar-refractivity contribution is 0.0590. The molecule has 0 aliphatic rings. The Morgan fingerprint density at radius 3 is 2.75 bits per heavy atom. The lowest BCUT2D eigenvalue weighted by Gasteiger charge is -2.06. The average Bonchev–Trinajstić information content (AvgIpc) is 2.88. The van der Waals surface area contributed by atoms with E-state index >= 15 is 0 Å². The maximum Gasteiger partial charge on any atom is 0.356 e. The van der Waals surface area contributed by atoms with Crippen molar-refractivity contribution in [1.82, 2.24) is 14.6 Å². The van der Waals surface area contributed by atoms with Gasteiger partial charge in [0.15, 0.2) is 11.3 Å². The minimum absolute atomic E-state index is 0.281. The molecule has 5 nitrogen and oxygen atoms in total. The van der Waals surface area contributed by atoms with Gasteiger partial charge in [-0.1, -0.05) is 41.9 Å². The number of methoxy groups -OCH3 is 1. The summed E-state index contributed by atoms with van der Waals surface area (Å²) in [5, 5.41) is 4.43. The molecule has 2 aromatic heterocycles. The van der Waals surface area contributed by atoms with E-state index < -0.39 is 5.97 Å². The Labute approximate surface area is 119 Å². The molecule has 0 fully saturated rings. The van der Waals surface area contributed by atoms with Gasteiger partial charge in [-0.3, -0.25) is 0 Å². The molecular weight excluding hydrogens is 278 g/mol. The Morgan fingerprint density at radius 1 is 1.30 bits per heavy atom. The first-order chi connectivity index (χ1) is 9.70. The molecule has 3 rings (SSSR count). The molecule has 0 atom stereocenters. The van der Waals surface area contributed by atoms with Gasteiger partial charge in [-0.2, -0.15) is 5.10 Å². The lowest BCUT2D eigenvalue weighted by Crippen LogP contribution is -2.10. The maximum absolute atomic E-state index is 11.9. The van der Waals surface area contributed by atoms with E-state index in [-0.39, 0.29) is 5.69 Å². The fourth-order valence-corrected chi connectivity index (χ4v) is 2.11. The quantitative estimate of drug-likeness (QED) is 0.680. The van der Waals surface area contributed by atoms with Gasteiger partial charge >= 0.3 is 5.97 Å². The SMILES string of the molecule is COC(=O)c1cc(-c2ccccc2)nc2c(Cl)cnn12. The monoisotopic (exact) mass is 287 g/mol. The zero-order valence-corrected chi connectivity index (χ0v) is 11.3. The Morgan fingerprint density at radius 2 is 2.05 bits per heavy atom. The summed E-state index contributed by atoms with van der Waals surface area (Å²) in [6.07, 6.45) is 1.45. The molecule has 0 saturated carbocycles. The van der Waals surface area contributed by atoms with Crippen LogP contribution in [0.25, 0.3) is 16.9 Å². The summed E-state index contributed by atoms with van der Waals surface area (Å²) in [5.74, 6) is -0.491. The van der Waals surface area contributed by atoms with Crippen LogP contribution in [-0.4, -0.2) is 27.7 Å². The first-order valence-electron chi connectivity index (χ1n) is 5.88. The van der Waals surface area contributed by atoms with E-state index in [1.165, 1.54) is 17.8 Å². The van der Waals surface area contributed by atoms with Crippen LogP contribution in [0.1, 0.15) is 10.5 Å². The van der Waals surface area contributed by atoms with E-state index in [4.69, 9.17) is 16.3 Å². The highest BCUT2D eigenvalue weighted by molar-refractivity contribution is 6.33. The Hall–Kier alpha value is -2.40. The number of carbonyl (C=O) groups is 1. The zero-order chi connectivity index (χ0) is 14.1. The number of benzene rings is 1. The predicted octanol–water partition coefficient (Wildman–Crippen LogP) is 2.84. The summed E-state index contributed by atoms with van der Waals surface area (Å²) >= 11 is 6.05. The van der Waals surface area contributed by atoms with E-state index in [9.17, 15) is 4.79 Å². The molecule has 1 aromatic carbocycles. The minimum Gasteiger partial charge on any atom is -0.464 e. The van der Waals surface area contributed by atoms with Crippen LogP contribution in [0.2, 0.25) is 5.02 Å². The molecule has 0 N–H and O–H groups in total. The zero-order valence-electron chi connectivity index (χ0n) is 10.6. The predicted molar refractivity (Wildman–Crippen MR) is 74.8 cm³/mol. The molecule has 0 radical (unpaired) electrons. The van der Waals surface area contributed by atoms with Gasteiger partial charge in [-0.15, -0.1) is 0 Å². The van der Waals surface area contributed by atoms with E-state index in [1.807, 2.05) is 30.3 Å². The lowest BCUT2D eigenvalue weighted by atomic mass is 10.1. The number of hydrogen-bond donors (Lipinski definition) is 0. The second-order valence-corrected chi connectivity index (χ2v) is 4.52. The number of nitrogens with zero attached hydrogens (tertiary/aromatic N) is 3. The first-order valence-corrected chi connectivity index (χ1v) is 6.26. The number of halogens is 1. The summed E-state index contributed by atoms with van der Waals surface area (Å²) in [6.45, 7) is 0. The second-order valence-electron chi connectivity index (χ2n) is 4.11. The second kappa shape index (κ2) is 4.94. The number of carbonyl (C=O) groups excluding carboxylic acids is 1. The van der Waals surface area contributed by atoms with Crippen LogP contribution >= 0.6 is 11.6 Å². The van der Waals surface area contributed by atoms with E-state index in [2.05, 4.69) is 10.1 Å². The highest BCUT2D eigenvalue weighted by atomic mass is 35.5. The molecule has 0 amide bonds. The third kappa shape index (κ3) is 2.02. The molecule has 6 heteroatoms. The minimum atomic E-state index is -0.491. The number of ether oxygens (including phenoxy) is 1. The summed E-state index contributed by atoms with van der Waals surface area (Å²) in [5.41, 5.74) is 2.23. The van der Waals surface area contributed by atoms with Gasteiger partial charge in [0.05, 0.1) is 19.0 Å². The largest absolute Gasteiger partial charge is 0.464 e. The third-order valence-electron chi connectivity index (χ3n) is 2.89. The summed E-state index contributed by atoms with van der Waals surface area (Å²) in [4.78, 5) is 16.3. The topological polar surface area (TPSA) is 56.5 Å². The average molecular weight is 288 g/mol. The van der Waals surface area contributed by atoms with Gasteiger partial charge in [0, 0.05) is 5.56 Å². The van der Waals surface area contributed by atoms with Crippen molar-refractivity contribution in [3.63, 3.8) is 0 Å². The molecular formula is C14H10ClN3O2.